The van der Waals surface area contributed by atoms with Gasteiger partial charge in [-0.05, 0) is 31.0 Å². The molecule has 1 N–H and O–H groups in total. The molecule has 1 aliphatic heterocycles. The summed E-state index contributed by atoms with van der Waals surface area (Å²) >= 11 is 0. The number of hydrogen-bond acceptors (Lipinski definition) is 3. The predicted octanol–water partition coefficient (Wildman–Crippen LogP) is 2.17. The zero-order chi connectivity index (χ0) is 17.3. The molecule has 5 nitrogen and oxygen atoms in total. The lowest BCUT2D eigenvalue weighted by atomic mass is 10.0. The van der Waals surface area contributed by atoms with Gasteiger partial charge in [0.1, 0.15) is 6.04 Å². The average Bonchev–Trinajstić information content (AvgIpc) is 2.56. The molecule has 1 heterocycles. The van der Waals surface area contributed by atoms with Gasteiger partial charge >= 0.3 is 0 Å². The Balaban J connectivity index is 2.08. The van der Waals surface area contributed by atoms with E-state index < -0.39 is 16.1 Å². The van der Waals surface area contributed by atoms with E-state index in [-0.39, 0.29) is 17.3 Å². The molecule has 6 heteroatoms. The van der Waals surface area contributed by atoms with E-state index >= 15 is 0 Å². The summed E-state index contributed by atoms with van der Waals surface area (Å²) in [5.41, 5.74) is 2.41. The molecule has 0 aromatic heterocycles. The molecule has 1 fully saturated rings. The first kappa shape index (κ1) is 16.7. The number of piperazine rings is 1. The maximum absolute atomic E-state index is 13.2. The molecule has 0 aliphatic carbocycles. The first-order valence-corrected chi connectivity index (χ1v) is 9.27. The van der Waals surface area contributed by atoms with Gasteiger partial charge in [-0.3, -0.25) is 4.79 Å². The highest BCUT2D eigenvalue weighted by molar-refractivity contribution is 7.89. The first-order valence-electron chi connectivity index (χ1n) is 7.83. The maximum atomic E-state index is 13.2. The topological polar surface area (TPSA) is 66.5 Å². The zero-order valence-electron chi connectivity index (χ0n) is 13.7. The Morgan fingerprint density at radius 1 is 1.04 bits per heavy atom. The number of rotatable bonds is 3. The van der Waals surface area contributed by atoms with Crippen LogP contribution in [0.2, 0.25) is 0 Å². The van der Waals surface area contributed by atoms with Gasteiger partial charge in [-0.1, -0.05) is 48.0 Å². The number of benzene rings is 2. The minimum Gasteiger partial charge on any atom is -0.353 e. The van der Waals surface area contributed by atoms with Gasteiger partial charge in [0.25, 0.3) is 0 Å². The van der Waals surface area contributed by atoms with E-state index in [1.165, 1.54) is 4.31 Å². The summed E-state index contributed by atoms with van der Waals surface area (Å²) in [7, 11) is -3.76. The second kappa shape index (κ2) is 6.37. The molecule has 1 saturated heterocycles. The lowest BCUT2D eigenvalue weighted by Gasteiger charge is -2.34. The smallest absolute Gasteiger partial charge is 0.244 e. The minimum atomic E-state index is -3.76. The van der Waals surface area contributed by atoms with E-state index in [9.17, 15) is 13.2 Å². The van der Waals surface area contributed by atoms with Crippen molar-refractivity contribution in [2.45, 2.75) is 24.8 Å². The fourth-order valence-electron chi connectivity index (χ4n) is 2.94. The molecule has 1 atom stereocenters. The van der Waals surface area contributed by atoms with Crippen molar-refractivity contribution in [3.8, 4) is 0 Å². The molecule has 126 valence electrons. The first-order chi connectivity index (χ1) is 11.4. The van der Waals surface area contributed by atoms with E-state index in [1.807, 2.05) is 31.2 Å². The SMILES string of the molecule is Cc1ccc(C2C(=O)NCCN2S(=O)(=O)c2ccccc2C)cc1. The molecule has 2 aromatic carbocycles. The fourth-order valence-corrected chi connectivity index (χ4v) is 4.75. The summed E-state index contributed by atoms with van der Waals surface area (Å²) in [6.45, 7) is 4.28. The Bertz CT molecular complexity index is 860. The lowest BCUT2D eigenvalue weighted by molar-refractivity contribution is -0.126. The monoisotopic (exact) mass is 344 g/mol. The normalized spacial score (nSPS) is 19.1. The third-order valence-corrected chi connectivity index (χ3v) is 6.27. The number of hydrogen-bond donors (Lipinski definition) is 1. The predicted molar refractivity (Wildman–Crippen MR) is 92.0 cm³/mol. The fraction of sp³-hybridized carbons (Fsp3) is 0.278. The Morgan fingerprint density at radius 2 is 1.71 bits per heavy atom. The van der Waals surface area contributed by atoms with Crippen molar-refractivity contribution in [3.05, 3.63) is 65.2 Å². The number of amides is 1. The Morgan fingerprint density at radius 3 is 2.38 bits per heavy atom. The Labute approximate surface area is 142 Å². The largest absolute Gasteiger partial charge is 0.353 e. The van der Waals surface area contributed by atoms with Gasteiger partial charge in [0.15, 0.2) is 0 Å². The van der Waals surface area contributed by atoms with Crippen LogP contribution in [0.3, 0.4) is 0 Å². The molecule has 1 unspecified atom stereocenters. The van der Waals surface area contributed by atoms with Crippen molar-refractivity contribution in [1.82, 2.24) is 9.62 Å². The standard InChI is InChI=1S/C18H20N2O3S/c1-13-7-9-15(10-8-13)17-18(21)19-11-12-20(17)24(22,23)16-6-4-3-5-14(16)2/h3-10,17H,11-12H2,1-2H3,(H,19,21). The van der Waals surface area contributed by atoms with E-state index in [4.69, 9.17) is 0 Å². The summed E-state index contributed by atoms with van der Waals surface area (Å²) in [5.74, 6) is -0.290. The van der Waals surface area contributed by atoms with Gasteiger partial charge in [-0.2, -0.15) is 4.31 Å². The number of nitrogens with one attached hydrogen (secondary N) is 1. The molecule has 0 spiro atoms. The third-order valence-electron chi connectivity index (χ3n) is 4.24. The highest BCUT2D eigenvalue weighted by atomic mass is 32.2. The summed E-state index contributed by atoms with van der Waals surface area (Å²) < 4.78 is 27.6. The highest BCUT2D eigenvalue weighted by Gasteiger charge is 2.39. The zero-order valence-corrected chi connectivity index (χ0v) is 14.5. The van der Waals surface area contributed by atoms with Crippen molar-refractivity contribution in [2.24, 2.45) is 0 Å². The van der Waals surface area contributed by atoms with Crippen LogP contribution >= 0.6 is 0 Å². The summed E-state index contributed by atoms with van der Waals surface area (Å²) in [5, 5.41) is 2.77. The van der Waals surface area contributed by atoms with Gasteiger partial charge in [0.2, 0.25) is 15.9 Å². The second-order valence-electron chi connectivity index (χ2n) is 5.99. The van der Waals surface area contributed by atoms with Crippen LogP contribution in [0.5, 0.6) is 0 Å². The summed E-state index contributed by atoms with van der Waals surface area (Å²) in [4.78, 5) is 12.7. The molecular formula is C18H20N2O3S. The van der Waals surface area contributed by atoms with Crippen LogP contribution < -0.4 is 5.32 Å². The molecule has 3 rings (SSSR count). The quantitative estimate of drug-likeness (QED) is 0.928. The van der Waals surface area contributed by atoms with Crippen LogP contribution in [0.15, 0.2) is 53.4 Å². The van der Waals surface area contributed by atoms with Crippen LogP contribution in [-0.2, 0) is 14.8 Å². The Kier molecular flexibility index (Phi) is 4.43. The average molecular weight is 344 g/mol. The van der Waals surface area contributed by atoms with Crippen LogP contribution in [0, 0.1) is 13.8 Å². The van der Waals surface area contributed by atoms with Gasteiger partial charge < -0.3 is 5.32 Å². The van der Waals surface area contributed by atoms with Crippen LogP contribution in [-0.4, -0.2) is 31.7 Å². The van der Waals surface area contributed by atoms with Crippen molar-refractivity contribution in [3.63, 3.8) is 0 Å². The number of carbonyl (C=O) groups excluding carboxylic acids is 1. The van der Waals surface area contributed by atoms with E-state index in [1.54, 1.807) is 31.2 Å². The molecule has 1 amide bonds. The van der Waals surface area contributed by atoms with E-state index in [0.29, 0.717) is 17.7 Å². The van der Waals surface area contributed by atoms with Gasteiger partial charge in [-0.15, -0.1) is 0 Å². The summed E-state index contributed by atoms with van der Waals surface area (Å²) in [6, 6.07) is 13.4. The van der Waals surface area contributed by atoms with Crippen LogP contribution in [0.4, 0.5) is 0 Å². The van der Waals surface area contributed by atoms with E-state index in [2.05, 4.69) is 5.32 Å². The van der Waals surface area contributed by atoms with Crippen molar-refractivity contribution in [1.29, 1.82) is 0 Å². The summed E-state index contributed by atoms with van der Waals surface area (Å²) in [6.07, 6.45) is 0. The molecule has 24 heavy (non-hydrogen) atoms. The third kappa shape index (κ3) is 2.95. The lowest BCUT2D eigenvalue weighted by Crippen LogP contribution is -2.52. The van der Waals surface area contributed by atoms with E-state index in [0.717, 1.165) is 5.56 Å². The molecule has 2 aromatic rings. The minimum absolute atomic E-state index is 0.247. The van der Waals surface area contributed by atoms with Gasteiger partial charge in [0.05, 0.1) is 4.90 Å². The molecule has 0 radical (unpaired) electrons. The van der Waals surface area contributed by atoms with Crippen LogP contribution in [0.25, 0.3) is 0 Å². The molecule has 0 bridgehead atoms. The van der Waals surface area contributed by atoms with Crippen molar-refractivity contribution < 1.29 is 13.2 Å². The Hall–Kier alpha value is -2.18. The molecular weight excluding hydrogens is 324 g/mol. The number of aryl methyl sites for hydroxylation is 2. The highest BCUT2D eigenvalue weighted by Crippen LogP contribution is 2.30. The van der Waals surface area contributed by atoms with Crippen molar-refractivity contribution >= 4 is 15.9 Å². The van der Waals surface area contributed by atoms with Crippen molar-refractivity contribution in [2.75, 3.05) is 13.1 Å². The van der Waals surface area contributed by atoms with Crippen LogP contribution in [0.1, 0.15) is 22.7 Å². The second-order valence-corrected chi connectivity index (χ2v) is 7.84. The van der Waals surface area contributed by atoms with Gasteiger partial charge in [0, 0.05) is 13.1 Å². The van der Waals surface area contributed by atoms with Gasteiger partial charge in [-0.25, -0.2) is 8.42 Å². The molecule has 0 saturated carbocycles. The maximum Gasteiger partial charge on any atom is 0.244 e. The number of carbonyl (C=O) groups is 1. The number of sulfonamides is 1. The molecule has 1 aliphatic rings. The number of nitrogens with zero attached hydrogens (tertiary/aromatic N) is 1.